The van der Waals surface area contributed by atoms with E-state index in [-0.39, 0.29) is 0 Å². The fraction of sp³-hybridized carbons (Fsp3) is 0.550. The van der Waals surface area contributed by atoms with Gasteiger partial charge in [-0.2, -0.15) is 0 Å². The number of hydrogen-bond acceptors (Lipinski definition) is 9. The van der Waals surface area contributed by atoms with Gasteiger partial charge >= 0.3 is 0 Å². The molecule has 0 spiro atoms. The number of benzene rings is 3. The van der Waals surface area contributed by atoms with Crippen molar-refractivity contribution in [3.63, 3.8) is 0 Å². The molecule has 0 aliphatic carbocycles. The minimum absolute atomic E-state index is 0.423. The maximum atomic E-state index is 6.73. The van der Waals surface area contributed by atoms with E-state index in [9.17, 15) is 0 Å². The van der Waals surface area contributed by atoms with E-state index < -0.39 is 5.60 Å². The molecular formula is C40H58O9. The Morgan fingerprint density at radius 1 is 0.327 bits per heavy atom. The van der Waals surface area contributed by atoms with Gasteiger partial charge in [-0.1, -0.05) is 111 Å². The molecule has 3 rings (SSSR count). The van der Waals surface area contributed by atoms with Crippen molar-refractivity contribution in [1.82, 2.24) is 0 Å². The Hall–Kier alpha value is -2.70. The molecule has 0 heterocycles. The van der Waals surface area contributed by atoms with Gasteiger partial charge in [0, 0.05) is 6.61 Å². The van der Waals surface area contributed by atoms with Crippen LogP contribution in [0.3, 0.4) is 0 Å². The minimum atomic E-state index is -0.744. The normalized spacial score (nSPS) is 11.7. The monoisotopic (exact) mass is 682 g/mol. The molecule has 0 aliphatic rings. The average molecular weight is 683 g/mol. The van der Waals surface area contributed by atoms with Gasteiger partial charge in [-0.05, 0) is 23.1 Å². The first kappa shape index (κ1) is 40.7. The van der Waals surface area contributed by atoms with Crippen LogP contribution in [0, 0.1) is 0 Å². The van der Waals surface area contributed by atoms with Gasteiger partial charge in [0.05, 0.1) is 106 Å². The first-order valence-corrected chi connectivity index (χ1v) is 17.8. The summed E-state index contributed by atoms with van der Waals surface area (Å²) in [5.74, 6) is 0. The Kier molecular flexibility index (Phi) is 23.3. The van der Waals surface area contributed by atoms with Gasteiger partial charge in [0.15, 0.2) is 0 Å². The molecule has 0 saturated heterocycles. The van der Waals surface area contributed by atoms with Gasteiger partial charge in [-0.15, -0.1) is 0 Å². The van der Waals surface area contributed by atoms with Crippen LogP contribution in [-0.4, -0.2) is 112 Å². The summed E-state index contributed by atoms with van der Waals surface area (Å²) < 4.78 is 51.3. The molecule has 0 N–H and O–H groups in total. The summed E-state index contributed by atoms with van der Waals surface area (Å²) in [6.45, 7) is 11.3. The molecule has 0 unspecified atom stereocenters. The van der Waals surface area contributed by atoms with Crippen LogP contribution in [0.4, 0.5) is 0 Å². The second-order valence-electron chi connectivity index (χ2n) is 11.2. The largest absolute Gasteiger partial charge is 0.379 e. The minimum Gasteiger partial charge on any atom is -0.379 e. The zero-order chi connectivity index (χ0) is 34.3. The topological polar surface area (TPSA) is 83.1 Å². The Morgan fingerprint density at radius 2 is 0.592 bits per heavy atom. The second-order valence-corrected chi connectivity index (χ2v) is 11.2. The third kappa shape index (κ3) is 17.2. The molecule has 0 aromatic heterocycles. The van der Waals surface area contributed by atoms with Gasteiger partial charge < -0.3 is 42.6 Å². The summed E-state index contributed by atoms with van der Waals surface area (Å²) >= 11 is 0. The van der Waals surface area contributed by atoms with Crippen molar-refractivity contribution in [1.29, 1.82) is 0 Å². The highest BCUT2D eigenvalue weighted by molar-refractivity contribution is 5.47. The molecule has 0 saturated carbocycles. The molecule has 0 aliphatic heterocycles. The van der Waals surface area contributed by atoms with E-state index in [0.717, 1.165) is 29.7 Å². The van der Waals surface area contributed by atoms with E-state index in [2.05, 4.69) is 43.3 Å². The van der Waals surface area contributed by atoms with E-state index in [1.54, 1.807) is 0 Å². The van der Waals surface area contributed by atoms with E-state index in [4.69, 9.17) is 42.6 Å². The van der Waals surface area contributed by atoms with Gasteiger partial charge in [0.1, 0.15) is 5.60 Å². The Balaban J connectivity index is 1.13. The van der Waals surface area contributed by atoms with Gasteiger partial charge in [-0.25, -0.2) is 0 Å². The van der Waals surface area contributed by atoms with Crippen LogP contribution < -0.4 is 0 Å². The van der Waals surface area contributed by atoms with Crippen molar-refractivity contribution < 1.29 is 42.6 Å². The molecule has 0 amide bonds. The van der Waals surface area contributed by atoms with Crippen molar-refractivity contribution in [3.05, 3.63) is 108 Å². The summed E-state index contributed by atoms with van der Waals surface area (Å²) in [5, 5.41) is 0. The van der Waals surface area contributed by atoms with Crippen LogP contribution in [0.15, 0.2) is 91.0 Å². The van der Waals surface area contributed by atoms with Crippen molar-refractivity contribution >= 4 is 0 Å². The maximum absolute atomic E-state index is 6.73. The van der Waals surface area contributed by atoms with Crippen LogP contribution >= 0.6 is 0 Å². The first-order valence-electron chi connectivity index (χ1n) is 17.8. The lowest BCUT2D eigenvalue weighted by Crippen LogP contribution is -2.34. The molecule has 3 aromatic carbocycles. The zero-order valence-corrected chi connectivity index (χ0v) is 29.5. The van der Waals surface area contributed by atoms with Crippen LogP contribution in [0.2, 0.25) is 0 Å². The van der Waals surface area contributed by atoms with Crippen molar-refractivity contribution in [2.75, 3.05) is 112 Å². The number of unbranched alkanes of at least 4 members (excludes halogenated alkanes) is 2. The summed E-state index contributed by atoms with van der Waals surface area (Å²) in [4.78, 5) is 0. The van der Waals surface area contributed by atoms with E-state index >= 15 is 0 Å². The molecular weight excluding hydrogens is 624 g/mol. The van der Waals surface area contributed by atoms with Gasteiger partial charge in [0.25, 0.3) is 0 Å². The fourth-order valence-corrected chi connectivity index (χ4v) is 5.12. The van der Waals surface area contributed by atoms with Crippen LogP contribution in [0.5, 0.6) is 0 Å². The van der Waals surface area contributed by atoms with Crippen LogP contribution in [-0.2, 0) is 48.2 Å². The van der Waals surface area contributed by atoms with Crippen molar-refractivity contribution in [2.45, 2.75) is 31.8 Å². The predicted octanol–water partition coefficient (Wildman–Crippen LogP) is 6.32. The molecule has 0 radical (unpaired) electrons. The summed E-state index contributed by atoms with van der Waals surface area (Å²) in [7, 11) is 0. The SMILES string of the molecule is CCCCCOCCOCCOCCOCCOCCOCCOCCOCCOC(c1ccccc1)(c1ccccc1)c1ccccc1. The molecule has 0 fully saturated rings. The molecule has 9 heteroatoms. The molecule has 49 heavy (non-hydrogen) atoms. The Bertz CT molecular complexity index is 1040. The summed E-state index contributed by atoms with van der Waals surface area (Å²) in [5.41, 5.74) is 2.47. The maximum Gasteiger partial charge on any atom is 0.143 e. The number of rotatable bonds is 32. The van der Waals surface area contributed by atoms with E-state index in [1.165, 1.54) is 12.8 Å². The Morgan fingerprint density at radius 3 is 0.878 bits per heavy atom. The van der Waals surface area contributed by atoms with E-state index in [1.807, 2.05) is 54.6 Å². The summed E-state index contributed by atoms with van der Waals surface area (Å²) in [6.07, 6.45) is 3.54. The van der Waals surface area contributed by atoms with Crippen molar-refractivity contribution in [2.24, 2.45) is 0 Å². The number of ether oxygens (including phenoxy) is 9. The smallest absolute Gasteiger partial charge is 0.143 e. The predicted molar refractivity (Wildman–Crippen MR) is 191 cm³/mol. The molecule has 9 nitrogen and oxygen atoms in total. The third-order valence-corrected chi connectivity index (χ3v) is 7.58. The van der Waals surface area contributed by atoms with Crippen molar-refractivity contribution in [3.8, 4) is 0 Å². The molecule has 3 aromatic rings. The lowest BCUT2D eigenvalue weighted by atomic mass is 9.80. The van der Waals surface area contributed by atoms with Gasteiger partial charge in [0.2, 0.25) is 0 Å². The molecule has 0 atom stereocenters. The highest BCUT2D eigenvalue weighted by Gasteiger charge is 2.37. The van der Waals surface area contributed by atoms with Crippen LogP contribution in [0.1, 0.15) is 42.9 Å². The first-order chi connectivity index (χ1) is 24.4. The van der Waals surface area contributed by atoms with E-state index in [0.29, 0.717) is 106 Å². The third-order valence-electron chi connectivity index (χ3n) is 7.58. The molecule has 0 bridgehead atoms. The standard InChI is InChI=1S/C40H58O9/c1-2-3-13-20-41-21-22-42-23-24-43-25-26-44-27-28-45-29-30-46-31-32-47-33-34-48-35-36-49-40(37-14-7-4-8-15-37,38-16-9-5-10-17-38)39-18-11-6-12-19-39/h4-12,14-19H,2-3,13,20-36H2,1H3. The number of hydrogen-bond donors (Lipinski definition) is 0. The summed E-state index contributed by atoms with van der Waals surface area (Å²) in [6, 6.07) is 31.0. The lowest BCUT2D eigenvalue weighted by molar-refractivity contribution is -0.0398. The lowest BCUT2D eigenvalue weighted by Gasteiger charge is -2.36. The van der Waals surface area contributed by atoms with Gasteiger partial charge in [-0.3, -0.25) is 0 Å². The Labute approximate surface area is 294 Å². The molecule has 272 valence electrons. The fourth-order valence-electron chi connectivity index (χ4n) is 5.12. The zero-order valence-electron chi connectivity index (χ0n) is 29.5. The second kappa shape index (κ2) is 28.0. The van der Waals surface area contributed by atoms with Crippen LogP contribution in [0.25, 0.3) is 0 Å². The average Bonchev–Trinajstić information content (AvgIpc) is 3.15. The highest BCUT2D eigenvalue weighted by Crippen LogP contribution is 2.40. The quantitative estimate of drug-likeness (QED) is 0.0555. The highest BCUT2D eigenvalue weighted by atomic mass is 16.6.